The summed E-state index contributed by atoms with van der Waals surface area (Å²) in [5, 5.41) is 18.3. The normalized spacial score (nSPS) is 12.6. The molecule has 7 rings (SSSR count). The molecule has 1 fully saturated rings. The number of carbonyl (C=O) groups is 2. The van der Waals surface area contributed by atoms with Crippen molar-refractivity contribution in [2.45, 2.75) is 75.0 Å². The molecule has 1 saturated heterocycles. The van der Waals surface area contributed by atoms with Crippen molar-refractivity contribution in [1.29, 1.82) is 10.5 Å². The Morgan fingerprint density at radius 1 is 0.716 bits per heavy atom. The van der Waals surface area contributed by atoms with Gasteiger partial charge in [-0.25, -0.2) is 19.9 Å². The van der Waals surface area contributed by atoms with Crippen molar-refractivity contribution in [3.05, 3.63) is 113 Å². The lowest BCUT2D eigenvalue weighted by molar-refractivity contribution is 0.00578. The van der Waals surface area contributed by atoms with Crippen LogP contribution < -0.4 is 24.7 Å². The molecule has 354 valence electrons. The summed E-state index contributed by atoms with van der Waals surface area (Å²) in [5.41, 5.74) is 3.64. The van der Waals surface area contributed by atoms with Crippen LogP contribution in [0.4, 0.5) is 11.4 Å². The van der Waals surface area contributed by atoms with E-state index in [2.05, 4.69) is 51.9 Å². The topological polar surface area (TPSA) is 212 Å². The number of nitriles is 2. The van der Waals surface area contributed by atoms with E-state index in [0.29, 0.717) is 63.3 Å². The SMILES string of the molecule is C.C.C.CCN(C(=O)c1cnc(-c2cnc(OC)c(C#N)c2)n1C)c1cccnc1.CCN(C(=O)c1cnc(Br)n1C)c1cccnc1.COc1ncc(B2OC(C)(C)C(C)(C)O2)cc1C#N. The summed E-state index contributed by atoms with van der Waals surface area (Å²) in [7, 11) is 5.97. The second-order valence-electron chi connectivity index (χ2n) is 14.9. The Kier molecular flexibility index (Phi) is 20.5. The quantitative estimate of drug-likeness (QED) is 0.120. The minimum atomic E-state index is -0.518. The van der Waals surface area contributed by atoms with Gasteiger partial charge in [-0.05, 0) is 93.9 Å². The van der Waals surface area contributed by atoms with Crippen molar-refractivity contribution in [1.82, 2.24) is 39.0 Å². The number of hydrogen-bond acceptors (Lipinski definition) is 14. The monoisotopic (exact) mass is 978 g/mol. The molecule has 1 aliphatic heterocycles. The number of methoxy groups -OCH3 is 2. The predicted octanol–water partition coefficient (Wildman–Crippen LogP) is 7.84. The summed E-state index contributed by atoms with van der Waals surface area (Å²) in [6, 6.07) is 14.7. The van der Waals surface area contributed by atoms with Gasteiger partial charge in [0.05, 0.1) is 61.6 Å². The van der Waals surface area contributed by atoms with Gasteiger partial charge in [0.25, 0.3) is 11.8 Å². The van der Waals surface area contributed by atoms with Crippen molar-refractivity contribution in [2.75, 3.05) is 37.1 Å². The van der Waals surface area contributed by atoms with Gasteiger partial charge in [0, 0.05) is 63.0 Å². The fourth-order valence-electron chi connectivity index (χ4n) is 6.29. The number of carbonyl (C=O) groups excluding carboxylic acids is 2. The highest BCUT2D eigenvalue weighted by molar-refractivity contribution is 9.10. The van der Waals surface area contributed by atoms with Crippen LogP contribution in [0.1, 0.15) is 95.9 Å². The number of halogens is 1. The summed E-state index contributed by atoms with van der Waals surface area (Å²) < 4.78 is 25.9. The third-order valence-corrected chi connectivity index (χ3v) is 11.3. The summed E-state index contributed by atoms with van der Waals surface area (Å²) in [6.07, 6.45) is 12.9. The second-order valence-corrected chi connectivity index (χ2v) is 15.6. The largest absolute Gasteiger partial charge is 0.496 e. The average molecular weight is 980 g/mol. The van der Waals surface area contributed by atoms with E-state index in [4.69, 9.17) is 24.0 Å². The van der Waals surface area contributed by atoms with Crippen molar-refractivity contribution >= 4 is 51.7 Å². The highest BCUT2D eigenvalue weighted by atomic mass is 79.9. The molecule has 0 aromatic carbocycles. The van der Waals surface area contributed by atoms with Gasteiger partial charge >= 0.3 is 7.12 Å². The van der Waals surface area contributed by atoms with Crippen LogP contribution in [-0.4, -0.2) is 96.5 Å². The zero-order valence-electron chi connectivity index (χ0n) is 37.3. The minimum absolute atomic E-state index is 0. The fraction of sp³-hybridized carbons (Fsp3) is 0.362. The van der Waals surface area contributed by atoms with Gasteiger partial charge in [0.2, 0.25) is 11.8 Å². The Morgan fingerprint density at radius 3 is 1.60 bits per heavy atom. The van der Waals surface area contributed by atoms with Crippen LogP contribution in [0.3, 0.4) is 0 Å². The molecular formula is C47H60BBrN12O6. The lowest BCUT2D eigenvalue weighted by atomic mass is 9.80. The van der Waals surface area contributed by atoms with E-state index in [9.17, 15) is 14.9 Å². The minimum Gasteiger partial charge on any atom is -0.480 e. The lowest BCUT2D eigenvalue weighted by Crippen LogP contribution is -2.41. The average Bonchev–Trinajstić information content (AvgIpc) is 3.93. The van der Waals surface area contributed by atoms with Gasteiger partial charge < -0.3 is 37.7 Å². The number of nitrogens with zero attached hydrogens (tertiary/aromatic N) is 12. The molecule has 0 saturated carbocycles. The van der Waals surface area contributed by atoms with Crippen LogP contribution in [0.2, 0.25) is 0 Å². The highest BCUT2D eigenvalue weighted by Gasteiger charge is 2.52. The Bertz CT molecular complexity index is 2650. The molecule has 0 radical (unpaired) electrons. The van der Waals surface area contributed by atoms with E-state index < -0.39 is 18.3 Å². The third-order valence-electron chi connectivity index (χ3n) is 10.5. The van der Waals surface area contributed by atoms with Crippen LogP contribution in [0, 0.1) is 22.7 Å². The van der Waals surface area contributed by atoms with E-state index in [1.54, 1.807) is 94.6 Å². The summed E-state index contributed by atoms with van der Waals surface area (Å²) in [5.74, 6) is 0.815. The van der Waals surface area contributed by atoms with E-state index in [1.807, 2.05) is 65.8 Å². The van der Waals surface area contributed by atoms with Crippen LogP contribution >= 0.6 is 15.9 Å². The van der Waals surface area contributed by atoms with Crippen molar-refractivity contribution in [3.8, 4) is 35.3 Å². The van der Waals surface area contributed by atoms with E-state index in [0.717, 1.165) is 11.2 Å². The Hall–Kier alpha value is -7.00. The molecule has 0 spiro atoms. The van der Waals surface area contributed by atoms with E-state index >= 15 is 0 Å². The van der Waals surface area contributed by atoms with Gasteiger partial charge in [-0.2, -0.15) is 10.5 Å². The molecule has 6 aromatic rings. The molecule has 67 heavy (non-hydrogen) atoms. The second kappa shape index (κ2) is 24.5. The molecule has 0 unspecified atom stereocenters. The summed E-state index contributed by atoms with van der Waals surface area (Å²) in [6.45, 7) is 12.8. The third kappa shape index (κ3) is 12.5. The number of imidazole rings is 2. The molecule has 1 aliphatic rings. The number of ether oxygens (including phenoxy) is 2. The smallest absolute Gasteiger partial charge is 0.480 e. The first kappa shape index (κ1) is 56.1. The Balaban J connectivity index is 0.000000347. The first-order valence-corrected chi connectivity index (χ1v) is 20.7. The molecule has 0 N–H and O–H groups in total. The zero-order valence-corrected chi connectivity index (χ0v) is 38.9. The number of amides is 2. The highest BCUT2D eigenvalue weighted by Crippen LogP contribution is 2.36. The summed E-state index contributed by atoms with van der Waals surface area (Å²) in [4.78, 5) is 53.5. The molecule has 20 heteroatoms. The molecule has 6 aromatic heterocycles. The maximum Gasteiger partial charge on any atom is 0.496 e. The lowest BCUT2D eigenvalue weighted by Gasteiger charge is -2.32. The Morgan fingerprint density at radius 2 is 1.18 bits per heavy atom. The van der Waals surface area contributed by atoms with E-state index in [1.165, 1.54) is 20.4 Å². The maximum absolute atomic E-state index is 13.0. The molecule has 18 nitrogen and oxygen atoms in total. The number of rotatable bonds is 10. The van der Waals surface area contributed by atoms with Gasteiger partial charge in [0.15, 0.2) is 4.73 Å². The van der Waals surface area contributed by atoms with Gasteiger partial charge in [-0.1, -0.05) is 22.3 Å². The van der Waals surface area contributed by atoms with Crippen molar-refractivity contribution < 1.29 is 28.4 Å². The number of pyridine rings is 4. The van der Waals surface area contributed by atoms with Crippen molar-refractivity contribution in [2.24, 2.45) is 14.1 Å². The Labute approximate surface area is 402 Å². The van der Waals surface area contributed by atoms with Crippen LogP contribution in [0.25, 0.3) is 11.4 Å². The number of anilines is 2. The van der Waals surface area contributed by atoms with Crippen LogP contribution in [-0.2, 0) is 23.4 Å². The molecule has 0 atom stereocenters. The maximum atomic E-state index is 13.0. The van der Waals surface area contributed by atoms with Gasteiger partial charge in [-0.15, -0.1) is 0 Å². The van der Waals surface area contributed by atoms with Crippen LogP contribution in [0.5, 0.6) is 11.8 Å². The molecule has 0 aliphatic carbocycles. The zero-order chi connectivity index (χ0) is 46.8. The molecular weight excluding hydrogens is 919 g/mol. The molecule has 7 heterocycles. The van der Waals surface area contributed by atoms with E-state index in [-0.39, 0.29) is 40.0 Å². The number of hydrogen-bond donors (Lipinski definition) is 0. The van der Waals surface area contributed by atoms with Crippen LogP contribution in [0.15, 0.2) is 90.7 Å². The standard InChI is InChI=1S/C19H18N6O2.C13H17BN2O3.C12H13BrN4O.3CH4/c1-4-25(15-6-5-7-21-11-15)19(26)16-12-22-17(24(16)2)14-8-13(9-20)18(27-3)23-10-14;1-12(2)13(3,4)19-14(18-12)10-6-9(7-15)11(17-5)16-8-10;1-3-17(9-5-4-6-14-7-9)11(18)10-8-15-12(13)16(10)2;;;/h5-8,10-12H,4H2,1-3H3;6,8H,1-5H3;4-8H,3H2,1-2H3;3*1H4. The fourth-order valence-corrected chi connectivity index (χ4v) is 6.58. The predicted molar refractivity (Wildman–Crippen MR) is 263 cm³/mol. The molecule has 2 amide bonds. The van der Waals surface area contributed by atoms with Gasteiger partial charge in [-0.3, -0.25) is 19.6 Å². The van der Waals surface area contributed by atoms with Crippen molar-refractivity contribution in [3.63, 3.8) is 0 Å². The summed E-state index contributed by atoms with van der Waals surface area (Å²) >= 11 is 3.28. The first-order chi connectivity index (χ1) is 30.6. The first-order valence-electron chi connectivity index (χ1n) is 19.9. The van der Waals surface area contributed by atoms with Gasteiger partial charge in [0.1, 0.15) is 40.5 Å². The number of aromatic nitrogens is 8. The molecule has 0 bridgehead atoms.